The maximum Gasteiger partial charge on any atom is 0.312 e. The van der Waals surface area contributed by atoms with Crippen molar-refractivity contribution in [3.8, 4) is 0 Å². The van der Waals surface area contributed by atoms with Crippen molar-refractivity contribution < 1.29 is 9.59 Å². The summed E-state index contributed by atoms with van der Waals surface area (Å²) in [5, 5.41) is 5.86. The summed E-state index contributed by atoms with van der Waals surface area (Å²) in [6.45, 7) is 1.78. The van der Waals surface area contributed by atoms with Crippen LogP contribution in [0.2, 0.25) is 0 Å². The van der Waals surface area contributed by atoms with E-state index in [1.165, 1.54) is 6.20 Å². The Balaban J connectivity index is 2.01. The van der Waals surface area contributed by atoms with Crippen molar-refractivity contribution in [2.24, 2.45) is 5.73 Å². The molecule has 0 aliphatic heterocycles. The molecule has 0 aliphatic carbocycles. The molecule has 6 nitrogen and oxygen atoms in total. The molecule has 3 aromatic rings. The molecular formula is C21H20N4O2. The maximum atomic E-state index is 12.9. The molecule has 0 saturated heterocycles. The molecule has 6 heteroatoms. The number of benzene rings is 2. The lowest BCUT2D eigenvalue weighted by Gasteiger charge is -2.16. The highest BCUT2D eigenvalue weighted by Crippen LogP contribution is 2.25. The monoisotopic (exact) mass is 360 g/mol. The molecule has 1 unspecified atom stereocenters. The van der Waals surface area contributed by atoms with E-state index < -0.39 is 6.03 Å². The van der Waals surface area contributed by atoms with Gasteiger partial charge in [0.15, 0.2) is 5.78 Å². The molecule has 2 amide bonds. The summed E-state index contributed by atoms with van der Waals surface area (Å²) >= 11 is 0. The van der Waals surface area contributed by atoms with Gasteiger partial charge >= 0.3 is 6.03 Å². The lowest BCUT2D eigenvalue weighted by atomic mass is 10.0. The van der Waals surface area contributed by atoms with Gasteiger partial charge < -0.3 is 16.4 Å². The van der Waals surface area contributed by atoms with Crippen LogP contribution in [0, 0.1) is 0 Å². The zero-order valence-corrected chi connectivity index (χ0v) is 14.8. The first-order valence-electron chi connectivity index (χ1n) is 8.52. The number of nitrogens with two attached hydrogens (primary N) is 1. The fraction of sp³-hybridized carbons (Fsp3) is 0.0952. The Kier molecular flexibility index (Phi) is 5.47. The van der Waals surface area contributed by atoms with Gasteiger partial charge in [-0.2, -0.15) is 0 Å². The second-order valence-electron chi connectivity index (χ2n) is 6.07. The first kappa shape index (κ1) is 18.1. The average molecular weight is 360 g/mol. The number of ketones is 1. The number of carbonyl (C=O) groups is 2. The highest BCUT2D eigenvalue weighted by molar-refractivity contribution is 6.12. The fourth-order valence-corrected chi connectivity index (χ4v) is 2.70. The van der Waals surface area contributed by atoms with Crippen LogP contribution in [0.1, 0.15) is 34.6 Å². The Labute approximate surface area is 157 Å². The predicted molar refractivity (Wildman–Crippen MR) is 105 cm³/mol. The van der Waals surface area contributed by atoms with Gasteiger partial charge in [-0.3, -0.25) is 9.78 Å². The molecule has 0 spiro atoms. The van der Waals surface area contributed by atoms with Crippen molar-refractivity contribution in [1.82, 2.24) is 10.3 Å². The van der Waals surface area contributed by atoms with E-state index in [0.29, 0.717) is 22.5 Å². The Morgan fingerprint density at radius 3 is 2.26 bits per heavy atom. The van der Waals surface area contributed by atoms with Gasteiger partial charge in [0.05, 0.1) is 23.0 Å². The Hall–Kier alpha value is -3.67. The molecule has 27 heavy (non-hydrogen) atoms. The van der Waals surface area contributed by atoms with Gasteiger partial charge in [-0.25, -0.2) is 4.79 Å². The number of carbonyl (C=O) groups excluding carboxylic acids is 2. The molecule has 3 rings (SSSR count). The van der Waals surface area contributed by atoms with Gasteiger partial charge in [-0.1, -0.05) is 48.5 Å². The predicted octanol–water partition coefficient (Wildman–Crippen LogP) is 3.79. The number of nitrogens with one attached hydrogen (secondary N) is 2. The maximum absolute atomic E-state index is 12.9. The number of primary amides is 1. The molecule has 1 atom stereocenters. The minimum Gasteiger partial charge on any atom is -0.355 e. The number of rotatable bonds is 6. The standard InChI is InChI=1S/C21H20N4O2/c1-14(24-21(22)27)18-12-19(25-16-10-6-3-7-11-16)17(13-23-18)20(26)15-8-4-2-5-9-15/h2-14H,1H3,(H,23,25)(H3,22,24,27). The lowest BCUT2D eigenvalue weighted by Crippen LogP contribution is -2.32. The summed E-state index contributed by atoms with van der Waals surface area (Å²) in [5.74, 6) is -0.136. The first-order chi connectivity index (χ1) is 13.0. The summed E-state index contributed by atoms with van der Waals surface area (Å²) < 4.78 is 0. The number of urea groups is 1. The van der Waals surface area contributed by atoms with Crippen LogP contribution in [0.4, 0.5) is 16.2 Å². The fourth-order valence-electron chi connectivity index (χ4n) is 2.70. The minimum atomic E-state index is -0.633. The van der Waals surface area contributed by atoms with Crippen LogP contribution >= 0.6 is 0 Å². The van der Waals surface area contributed by atoms with E-state index in [4.69, 9.17) is 5.73 Å². The third kappa shape index (κ3) is 4.49. The number of anilines is 2. The zero-order valence-electron chi connectivity index (χ0n) is 14.8. The van der Waals surface area contributed by atoms with Crippen molar-refractivity contribution in [2.45, 2.75) is 13.0 Å². The topological polar surface area (TPSA) is 97.1 Å². The van der Waals surface area contributed by atoms with E-state index in [-0.39, 0.29) is 11.8 Å². The molecule has 136 valence electrons. The van der Waals surface area contributed by atoms with E-state index in [9.17, 15) is 9.59 Å². The third-order valence-corrected chi connectivity index (χ3v) is 4.06. The van der Waals surface area contributed by atoms with Gasteiger partial charge in [0.2, 0.25) is 0 Å². The van der Waals surface area contributed by atoms with Crippen LogP contribution in [0.15, 0.2) is 72.9 Å². The minimum absolute atomic E-state index is 0.136. The van der Waals surface area contributed by atoms with E-state index in [0.717, 1.165) is 5.69 Å². The van der Waals surface area contributed by atoms with Crippen molar-refractivity contribution in [3.05, 3.63) is 89.7 Å². The smallest absolute Gasteiger partial charge is 0.312 e. The summed E-state index contributed by atoms with van der Waals surface area (Å²) in [6, 6.07) is 19.3. The van der Waals surface area contributed by atoms with Crippen molar-refractivity contribution in [2.75, 3.05) is 5.32 Å². The molecule has 0 radical (unpaired) electrons. The van der Waals surface area contributed by atoms with Crippen LogP contribution < -0.4 is 16.4 Å². The van der Waals surface area contributed by atoms with Crippen LogP contribution in [-0.2, 0) is 0 Å². The summed E-state index contributed by atoms with van der Waals surface area (Å²) in [5.41, 5.74) is 8.26. The molecule has 1 heterocycles. The van der Waals surface area contributed by atoms with Crippen LogP contribution in [0.3, 0.4) is 0 Å². The molecule has 0 saturated carbocycles. The van der Waals surface area contributed by atoms with Gasteiger partial charge in [-0.05, 0) is 25.1 Å². The number of hydrogen-bond acceptors (Lipinski definition) is 4. The highest BCUT2D eigenvalue weighted by atomic mass is 16.2. The third-order valence-electron chi connectivity index (χ3n) is 4.06. The van der Waals surface area contributed by atoms with E-state index in [1.807, 2.05) is 48.5 Å². The molecule has 0 aliphatic rings. The zero-order chi connectivity index (χ0) is 19.2. The van der Waals surface area contributed by atoms with E-state index in [1.54, 1.807) is 25.1 Å². The largest absolute Gasteiger partial charge is 0.355 e. The van der Waals surface area contributed by atoms with Crippen molar-refractivity contribution >= 4 is 23.2 Å². The van der Waals surface area contributed by atoms with Crippen LogP contribution in [0.5, 0.6) is 0 Å². The Morgan fingerprint density at radius 2 is 1.63 bits per heavy atom. The van der Waals surface area contributed by atoms with E-state index in [2.05, 4.69) is 15.6 Å². The number of aromatic nitrogens is 1. The number of nitrogens with zero attached hydrogens (tertiary/aromatic N) is 1. The van der Waals surface area contributed by atoms with Crippen LogP contribution in [0.25, 0.3) is 0 Å². The normalized spacial score (nSPS) is 11.4. The average Bonchev–Trinajstić information content (AvgIpc) is 2.68. The highest BCUT2D eigenvalue weighted by Gasteiger charge is 2.18. The Morgan fingerprint density at radius 1 is 1.00 bits per heavy atom. The second kappa shape index (κ2) is 8.14. The molecule has 4 N–H and O–H groups in total. The SMILES string of the molecule is CC(NC(N)=O)c1cc(Nc2ccccc2)c(C(=O)c2ccccc2)cn1. The Bertz CT molecular complexity index is 943. The van der Waals surface area contributed by atoms with Crippen molar-refractivity contribution in [1.29, 1.82) is 0 Å². The molecular weight excluding hydrogens is 340 g/mol. The summed E-state index contributed by atoms with van der Waals surface area (Å²) in [7, 11) is 0. The number of amides is 2. The van der Waals surface area contributed by atoms with Crippen molar-refractivity contribution in [3.63, 3.8) is 0 Å². The summed E-state index contributed by atoms with van der Waals surface area (Å²) in [4.78, 5) is 28.4. The van der Waals surface area contributed by atoms with E-state index >= 15 is 0 Å². The molecule has 0 bridgehead atoms. The molecule has 0 fully saturated rings. The van der Waals surface area contributed by atoms with Crippen LogP contribution in [-0.4, -0.2) is 16.8 Å². The number of hydrogen-bond donors (Lipinski definition) is 3. The summed E-state index contributed by atoms with van der Waals surface area (Å²) in [6.07, 6.45) is 1.52. The number of para-hydroxylation sites is 1. The first-order valence-corrected chi connectivity index (χ1v) is 8.52. The molecule has 1 aromatic heterocycles. The van der Waals surface area contributed by atoms with Gasteiger partial charge in [0.1, 0.15) is 0 Å². The molecule has 2 aromatic carbocycles. The quantitative estimate of drug-likeness (QED) is 0.583. The van der Waals surface area contributed by atoms with Gasteiger partial charge in [-0.15, -0.1) is 0 Å². The van der Waals surface area contributed by atoms with Gasteiger partial charge in [0.25, 0.3) is 0 Å². The van der Waals surface area contributed by atoms with Gasteiger partial charge in [0, 0.05) is 17.4 Å². The second-order valence-corrected chi connectivity index (χ2v) is 6.07. The lowest BCUT2D eigenvalue weighted by molar-refractivity contribution is 0.103. The number of pyridine rings is 1.